The van der Waals surface area contributed by atoms with E-state index in [1.165, 1.54) is 16.8 Å². The third kappa shape index (κ3) is 5.59. The van der Waals surface area contributed by atoms with E-state index in [0.29, 0.717) is 24.5 Å². The average molecular weight is 550 g/mol. The highest BCUT2D eigenvalue weighted by molar-refractivity contribution is 5.99. The van der Waals surface area contributed by atoms with Crippen LogP contribution in [0.5, 0.6) is 0 Å². The van der Waals surface area contributed by atoms with Gasteiger partial charge in [-0.1, -0.05) is 80.1 Å². The second kappa shape index (κ2) is 12.2. The maximum Gasteiger partial charge on any atom is 0.331 e. The Balaban J connectivity index is 1.42. The summed E-state index contributed by atoms with van der Waals surface area (Å²) in [6.07, 6.45) is 5.22. The first-order chi connectivity index (χ1) is 20.1. The second-order valence-corrected chi connectivity index (χ2v) is 11.2. The first-order valence-electron chi connectivity index (χ1n) is 15.0. The van der Waals surface area contributed by atoms with E-state index in [4.69, 9.17) is 0 Å². The lowest BCUT2D eigenvalue weighted by atomic mass is 10.00. The van der Waals surface area contributed by atoms with Gasteiger partial charge in [0.15, 0.2) is 0 Å². The van der Waals surface area contributed by atoms with Crippen LogP contribution in [0.1, 0.15) is 47.8 Å². The molecule has 6 rings (SSSR count). The van der Waals surface area contributed by atoms with Gasteiger partial charge in [0, 0.05) is 50.0 Å². The minimum atomic E-state index is -0.294. The van der Waals surface area contributed by atoms with Gasteiger partial charge in [0.2, 0.25) is 0 Å². The summed E-state index contributed by atoms with van der Waals surface area (Å²) in [6.45, 7) is 6.28. The van der Waals surface area contributed by atoms with Gasteiger partial charge in [-0.05, 0) is 48.9 Å². The van der Waals surface area contributed by atoms with Crippen LogP contribution in [-0.4, -0.2) is 59.1 Å². The van der Waals surface area contributed by atoms with E-state index < -0.39 is 0 Å². The number of carbonyl (C=O) groups is 1. The summed E-state index contributed by atoms with van der Waals surface area (Å²) >= 11 is 0. The van der Waals surface area contributed by atoms with Crippen molar-refractivity contribution in [3.8, 4) is 16.9 Å². The standard InChI is InChI=1S/C34H39N5O2/c1-2-3-19-37-20-10-15-26-16-17-28(23-30(26)37)39-32(27-13-8-5-9-14-27)31(36-34(39)41)33(40)38-21-18-35-24-29(38)22-25-11-6-4-7-12-25/h4-9,11-14,16-17,23,29,35H,2-3,10,15,18-22,24H2,1H3,(H,36,41)/t29-/m1/s1. The van der Waals surface area contributed by atoms with Crippen LogP contribution in [-0.2, 0) is 12.8 Å². The quantitative estimate of drug-likeness (QED) is 0.323. The number of amides is 1. The first kappa shape index (κ1) is 27.1. The van der Waals surface area contributed by atoms with Crippen LogP contribution < -0.4 is 15.9 Å². The molecule has 1 fully saturated rings. The Morgan fingerprint density at radius 3 is 2.54 bits per heavy atom. The van der Waals surface area contributed by atoms with E-state index in [2.05, 4.69) is 46.4 Å². The number of nitrogens with zero attached hydrogens (tertiary/aromatic N) is 3. The minimum absolute atomic E-state index is 0.00927. The number of benzene rings is 3. The van der Waals surface area contributed by atoms with Gasteiger partial charge in [0.25, 0.3) is 5.91 Å². The predicted molar refractivity (Wildman–Crippen MR) is 165 cm³/mol. The van der Waals surface area contributed by atoms with Crippen LogP contribution in [0.25, 0.3) is 16.9 Å². The molecule has 7 heteroatoms. The summed E-state index contributed by atoms with van der Waals surface area (Å²) in [6, 6.07) is 26.4. The van der Waals surface area contributed by atoms with Crippen molar-refractivity contribution in [3.05, 3.63) is 106 Å². The highest BCUT2D eigenvalue weighted by Gasteiger charge is 2.32. The van der Waals surface area contributed by atoms with Crippen LogP contribution in [0.15, 0.2) is 83.7 Å². The van der Waals surface area contributed by atoms with Gasteiger partial charge in [-0.15, -0.1) is 0 Å². The molecule has 7 nitrogen and oxygen atoms in total. The molecule has 2 N–H and O–H groups in total. The number of carbonyl (C=O) groups excluding carboxylic acids is 1. The largest absolute Gasteiger partial charge is 0.371 e. The Hall–Kier alpha value is -4.10. The molecule has 41 heavy (non-hydrogen) atoms. The molecule has 1 saturated heterocycles. The SMILES string of the molecule is CCCCN1CCCc2ccc(-n3c(-c4ccccc4)c(C(=O)N4CCNC[C@H]4Cc4ccccc4)[nH]c3=O)cc21. The molecule has 0 spiro atoms. The fraction of sp³-hybridized carbons (Fsp3) is 0.353. The lowest BCUT2D eigenvalue weighted by Gasteiger charge is -2.36. The number of rotatable bonds is 8. The summed E-state index contributed by atoms with van der Waals surface area (Å²) in [5.74, 6) is -0.135. The Labute approximate surface area is 241 Å². The van der Waals surface area contributed by atoms with E-state index in [9.17, 15) is 9.59 Å². The molecule has 2 aliphatic rings. The molecule has 4 aromatic rings. The zero-order chi connectivity index (χ0) is 28.2. The van der Waals surface area contributed by atoms with Crippen molar-refractivity contribution in [1.82, 2.24) is 19.8 Å². The number of anilines is 1. The van der Waals surface area contributed by atoms with Crippen LogP contribution in [0, 0.1) is 0 Å². The number of fused-ring (bicyclic) bond motifs is 1. The van der Waals surface area contributed by atoms with Crippen molar-refractivity contribution in [3.63, 3.8) is 0 Å². The summed E-state index contributed by atoms with van der Waals surface area (Å²) in [7, 11) is 0. The first-order valence-corrected chi connectivity index (χ1v) is 15.0. The molecule has 0 radical (unpaired) electrons. The number of nitrogens with one attached hydrogen (secondary N) is 2. The third-order valence-electron chi connectivity index (χ3n) is 8.41. The third-order valence-corrected chi connectivity index (χ3v) is 8.41. The molecule has 1 amide bonds. The topological polar surface area (TPSA) is 73.4 Å². The van der Waals surface area contributed by atoms with E-state index in [0.717, 1.165) is 63.0 Å². The molecular weight excluding hydrogens is 510 g/mol. The molecule has 0 saturated carbocycles. The van der Waals surface area contributed by atoms with Crippen molar-refractivity contribution in [1.29, 1.82) is 0 Å². The van der Waals surface area contributed by atoms with Gasteiger partial charge in [-0.3, -0.25) is 9.36 Å². The lowest BCUT2D eigenvalue weighted by Crippen LogP contribution is -2.54. The number of H-pyrrole nitrogens is 1. The minimum Gasteiger partial charge on any atom is -0.371 e. The molecule has 1 aromatic heterocycles. The molecule has 0 aliphatic carbocycles. The zero-order valence-corrected chi connectivity index (χ0v) is 23.8. The Kier molecular flexibility index (Phi) is 8.05. The fourth-order valence-electron chi connectivity index (χ4n) is 6.31. The van der Waals surface area contributed by atoms with Crippen LogP contribution in [0.4, 0.5) is 5.69 Å². The van der Waals surface area contributed by atoms with E-state index in [-0.39, 0.29) is 17.6 Å². The second-order valence-electron chi connectivity index (χ2n) is 11.2. The maximum atomic E-state index is 14.3. The Bertz CT molecular complexity index is 1540. The zero-order valence-electron chi connectivity index (χ0n) is 23.8. The van der Waals surface area contributed by atoms with Crippen LogP contribution in [0.3, 0.4) is 0 Å². The molecule has 3 heterocycles. The molecule has 2 aliphatic heterocycles. The Morgan fingerprint density at radius 1 is 0.976 bits per heavy atom. The molecular formula is C34H39N5O2. The average Bonchev–Trinajstić information content (AvgIpc) is 3.37. The summed E-state index contributed by atoms with van der Waals surface area (Å²) in [4.78, 5) is 35.4. The highest BCUT2D eigenvalue weighted by Crippen LogP contribution is 2.32. The molecule has 0 unspecified atom stereocenters. The van der Waals surface area contributed by atoms with E-state index in [1.807, 2.05) is 59.5 Å². The van der Waals surface area contributed by atoms with E-state index in [1.54, 1.807) is 4.57 Å². The predicted octanol–water partition coefficient (Wildman–Crippen LogP) is 5.04. The summed E-state index contributed by atoms with van der Waals surface area (Å²) in [5.41, 5.74) is 6.01. The lowest BCUT2D eigenvalue weighted by molar-refractivity contribution is 0.0631. The maximum absolute atomic E-state index is 14.3. The number of aromatic amines is 1. The van der Waals surface area contributed by atoms with Gasteiger partial charge in [0.1, 0.15) is 5.69 Å². The van der Waals surface area contributed by atoms with Gasteiger partial charge >= 0.3 is 5.69 Å². The van der Waals surface area contributed by atoms with Crippen molar-refractivity contribution < 1.29 is 4.79 Å². The number of unbranched alkanes of at least 4 members (excludes halogenated alkanes) is 1. The monoisotopic (exact) mass is 549 g/mol. The van der Waals surface area contributed by atoms with E-state index >= 15 is 0 Å². The molecule has 0 bridgehead atoms. The smallest absolute Gasteiger partial charge is 0.331 e. The van der Waals surface area contributed by atoms with Crippen molar-refractivity contribution in [2.75, 3.05) is 37.6 Å². The summed E-state index contributed by atoms with van der Waals surface area (Å²) < 4.78 is 1.70. The van der Waals surface area contributed by atoms with Crippen molar-refractivity contribution in [2.24, 2.45) is 0 Å². The van der Waals surface area contributed by atoms with Gasteiger partial charge in [-0.25, -0.2) is 4.79 Å². The normalized spacial score (nSPS) is 17.0. The highest BCUT2D eigenvalue weighted by atomic mass is 16.2. The summed E-state index contributed by atoms with van der Waals surface area (Å²) in [5, 5.41) is 3.45. The van der Waals surface area contributed by atoms with Crippen molar-refractivity contribution >= 4 is 11.6 Å². The number of imidazole rings is 1. The molecule has 212 valence electrons. The fourth-order valence-corrected chi connectivity index (χ4v) is 6.31. The van der Waals surface area contributed by atoms with Crippen LogP contribution >= 0.6 is 0 Å². The number of hydrogen-bond acceptors (Lipinski definition) is 4. The van der Waals surface area contributed by atoms with Gasteiger partial charge < -0.3 is 20.1 Å². The molecule has 1 atom stereocenters. The van der Waals surface area contributed by atoms with Crippen molar-refractivity contribution in [2.45, 2.75) is 45.1 Å². The number of hydrogen-bond donors (Lipinski definition) is 2. The number of piperazine rings is 1. The van der Waals surface area contributed by atoms with Gasteiger partial charge in [-0.2, -0.15) is 0 Å². The number of aryl methyl sites for hydroxylation is 1. The van der Waals surface area contributed by atoms with Gasteiger partial charge in [0.05, 0.1) is 11.4 Å². The van der Waals surface area contributed by atoms with Crippen LogP contribution in [0.2, 0.25) is 0 Å². The molecule has 3 aromatic carbocycles. The Morgan fingerprint density at radius 2 is 1.76 bits per heavy atom. The number of aromatic nitrogens is 2.